The Balaban J connectivity index is 3.01. The van der Waals surface area contributed by atoms with E-state index in [-0.39, 0.29) is 6.54 Å². The molecule has 0 saturated carbocycles. The summed E-state index contributed by atoms with van der Waals surface area (Å²) in [4.78, 5) is 34.9. The van der Waals surface area contributed by atoms with Crippen LogP contribution in [-0.2, 0) is 17.8 Å². The third-order valence-electron chi connectivity index (χ3n) is 2.03. The van der Waals surface area contributed by atoms with E-state index in [1.54, 1.807) is 6.92 Å². The van der Waals surface area contributed by atoms with E-state index in [0.717, 1.165) is 6.08 Å². The van der Waals surface area contributed by atoms with Crippen molar-refractivity contribution < 1.29 is 9.90 Å². The standard InChI is InChI=1S/C10H12N2O4/c1-2-7-6-12(5-3-4-8(13)14)10(16)11-9(7)15/h3-4,6H,2,5H2,1H3,(H,13,14)(H,11,15,16)/b4-3+. The first-order chi connectivity index (χ1) is 7.54. The summed E-state index contributed by atoms with van der Waals surface area (Å²) in [5.74, 6) is -1.08. The maximum atomic E-state index is 11.3. The first-order valence-electron chi connectivity index (χ1n) is 4.76. The summed E-state index contributed by atoms with van der Waals surface area (Å²) < 4.78 is 1.25. The molecule has 6 heteroatoms. The number of rotatable bonds is 4. The van der Waals surface area contributed by atoms with Gasteiger partial charge in [0.2, 0.25) is 0 Å². The van der Waals surface area contributed by atoms with Gasteiger partial charge in [-0.1, -0.05) is 13.0 Å². The number of carbonyl (C=O) groups is 1. The van der Waals surface area contributed by atoms with Crippen LogP contribution in [-0.4, -0.2) is 20.6 Å². The number of aryl methyl sites for hydroxylation is 1. The highest BCUT2D eigenvalue weighted by molar-refractivity contribution is 5.79. The lowest BCUT2D eigenvalue weighted by Crippen LogP contribution is -2.31. The fraction of sp³-hybridized carbons (Fsp3) is 0.300. The van der Waals surface area contributed by atoms with Crippen LogP contribution in [0.25, 0.3) is 0 Å². The normalized spacial score (nSPS) is 10.8. The van der Waals surface area contributed by atoms with Crippen molar-refractivity contribution in [3.63, 3.8) is 0 Å². The fourth-order valence-corrected chi connectivity index (χ4v) is 1.21. The first kappa shape index (κ1) is 12.0. The second kappa shape index (κ2) is 5.11. The Kier molecular flexibility index (Phi) is 3.82. The van der Waals surface area contributed by atoms with E-state index in [4.69, 9.17) is 5.11 Å². The van der Waals surface area contributed by atoms with E-state index < -0.39 is 17.2 Å². The molecule has 1 aromatic rings. The molecular weight excluding hydrogens is 212 g/mol. The zero-order valence-corrected chi connectivity index (χ0v) is 8.77. The molecule has 2 N–H and O–H groups in total. The van der Waals surface area contributed by atoms with E-state index in [0.29, 0.717) is 12.0 Å². The first-order valence-corrected chi connectivity index (χ1v) is 4.76. The summed E-state index contributed by atoms with van der Waals surface area (Å²) in [5, 5.41) is 8.37. The molecule has 0 bridgehead atoms. The maximum Gasteiger partial charge on any atom is 0.328 e. The van der Waals surface area contributed by atoms with Crippen LogP contribution in [0.2, 0.25) is 0 Å². The minimum atomic E-state index is -1.08. The van der Waals surface area contributed by atoms with Crippen molar-refractivity contribution in [2.45, 2.75) is 19.9 Å². The van der Waals surface area contributed by atoms with Crippen molar-refractivity contribution >= 4 is 5.97 Å². The number of carboxylic acids is 1. The summed E-state index contributed by atoms with van der Waals surface area (Å²) in [5.41, 5.74) is -0.452. The minimum absolute atomic E-state index is 0.120. The van der Waals surface area contributed by atoms with E-state index in [1.165, 1.54) is 16.8 Å². The summed E-state index contributed by atoms with van der Waals surface area (Å²) >= 11 is 0. The summed E-state index contributed by atoms with van der Waals surface area (Å²) in [6, 6.07) is 0. The molecule has 0 spiro atoms. The summed E-state index contributed by atoms with van der Waals surface area (Å²) in [7, 11) is 0. The Morgan fingerprint density at radius 2 is 2.25 bits per heavy atom. The molecule has 0 amide bonds. The number of hydrogen-bond acceptors (Lipinski definition) is 3. The number of aliphatic carboxylic acids is 1. The van der Waals surface area contributed by atoms with Gasteiger partial charge in [0.05, 0.1) is 0 Å². The third kappa shape index (κ3) is 2.94. The second-order valence-corrected chi connectivity index (χ2v) is 3.16. The van der Waals surface area contributed by atoms with E-state index in [2.05, 4.69) is 4.98 Å². The molecule has 0 unspecified atom stereocenters. The highest BCUT2D eigenvalue weighted by atomic mass is 16.4. The average molecular weight is 224 g/mol. The minimum Gasteiger partial charge on any atom is -0.478 e. The SMILES string of the molecule is CCc1cn(C/C=C/C(=O)O)c(=O)[nH]c1=O. The average Bonchev–Trinajstić information content (AvgIpc) is 2.20. The third-order valence-corrected chi connectivity index (χ3v) is 2.03. The van der Waals surface area contributed by atoms with Crippen molar-refractivity contribution in [2.24, 2.45) is 0 Å². The second-order valence-electron chi connectivity index (χ2n) is 3.16. The molecule has 0 aliphatic heterocycles. The van der Waals surface area contributed by atoms with Crippen LogP contribution in [0.5, 0.6) is 0 Å². The van der Waals surface area contributed by atoms with Crippen molar-refractivity contribution in [2.75, 3.05) is 0 Å². The molecule has 1 heterocycles. The molecule has 0 aliphatic carbocycles. The zero-order chi connectivity index (χ0) is 12.1. The lowest BCUT2D eigenvalue weighted by atomic mass is 10.2. The topological polar surface area (TPSA) is 92.2 Å². The Morgan fingerprint density at radius 1 is 1.56 bits per heavy atom. The van der Waals surface area contributed by atoms with Gasteiger partial charge in [0, 0.05) is 24.4 Å². The largest absolute Gasteiger partial charge is 0.478 e. The van der Waals surface area contributed by atoms with Crippen LogP contribution in [0.1, 0.15) is 12.5 Å². The molecule has 0 saturated heterocycles. The predicted molar refractivity (Wildman–Crippen MR) is 57.5 cm³/mol. The van der Waals surface area contributed by atoms with Crippen LogP contribution in [0.3, 0.4) is 0 Å². The number of hydrogen-bond donors (Lipinski definition) is 2. The van der Waals surface area contributed by atoms with Gasteiger partial charge in [-0.15, -0.1) is 0 Å². The molecular formula is C10H12N2O4. The number of H-pyrrole nitrogens is 1. The van der Waals surface area contributed by atoms with Crippen LogP contribution < -0.4 is 11.2 Å². The monoisotopic (exact) mass is 224 g/mol. The van der Waals surface area contributed by atoms with Gasteiger partial charge in [0.25, 0.3) is 5.56 Å². The van der Waals surface area contributed by atoms with Crippen LogP contribution in [0, 0.1) is 0 Å². The van der Waals surface area contributed by atoms with Crippen LogP contribution in [0.15, 0.2) is 27.9 Å². The van der Waals surface area contributed by atoms with E-state index >= 15 is 0 Å². The maximum absolute atomic E-state index is 11.3. The Hall–Kier alpha value is -2.11. The van der Waals surface area contributed by atoms with Gasteiger partial charge < -0.3 is 5.11 Å². The number of nitrogens with one attached hydrogen (secondary N) is 1. The van der Waals surface area contributed by atoms with Gasteiger partial charge in [0.15, 0.2) is 0 Å². The molecule has 86 valence electrons. The van der Waals surface area contributed by atoms with Crippen LogP contribution in [0.4, 0.5) is 0 Å². The number of allylic oxidation sites excluding steroid dienone is 1. The van der Waals surface area contributed by atoms with Gasteiger partial charge in [-0.25, -0.2) is 9.59 Å². The molecule has 0 aliphatic rings. The quantitative estimate of drug-likeness (QED) is 0.689. The van der Waals surface area contributed by atoms with Crippen molar-refractivity contribution in [3.8, 4) is 0 Å². The highest BCUT2D eigenvalue weighted by Crippen LogP contribution is 1.89. The molecule has 0 aromatic carbocycles. The van der Waals surface area contributed by atoms with Crippen molar-refractivity contribution in [1.29, 1.82) is 0 Å². The molecule has 0 fully saturated rings. The van der Waals surface area contributed by atoms with E-state index in [1.807, 2.05) is 0 Å². The number of carboxylic acid groups (broad SMARTS) is 1. The van der Waals surface area contributed by atoms with Crippen LogP contribution >= 0.6 is 0 Å². The Labute approximate surface area is 90.9 Å². The molecule has 16 heavy (non-hydrogen) atoms. The number of aromatic amines is 1. The lowest BCUT2D eigenvalue weighted by Gasteiger charge is -2.02. The zero-order valence-electron chi connectivity index (χ0n) is 8.77. The number of nitrogens with zero attached hydrogens (tertiary/aromatic N) is 1. The van der Waals surface area contributed by atoms with Gasteiger partial charge in [0.1, 0.15) is 0 Å². The van der Waals surface area contributed by atoms with Crippen molar-refractivity contribution in [3.05, 3.63) is 44.8 Å². The Bertz CT molecular complexity index is 524. The summed E-state index contributed by atoms with van der Waals surface area (Å²) in [6.45, 7) is 1.92. The van der Waals surface area contributed by atoms with Gasteiger partial charge >= 0.3 is 11.7 Å². The van der Waals surface area contributed by atoms with Gasteiger partial charge in [-0.05, 0) is 6.42 Å². The number of aromatic nitrogens is 2. The molecule has 0 radical (unpaired) electrons. The smallest absolute Gasteiger partial charge is 0.328 e. The van der Waals surface area contributed by atoms with Gasteiger partial charge in [-0.3, -0.25) is 14.3 Å². The highest BCUT2D eigenvalue weighted by Gasteiger charge is 2.01. The lowest BCUT2D eigenvalue weighted by molar-refractivity contribution is -0.131. The van der Waals surface area contributed by atoms with E-state index in [9.17, 15) is 14.4 Å². The molecule has 6 nitrogen and oxygen atoms in total. The molecule has 1 rings (SSSR count). The summed E-state index contributed by atoms with van der Waals surface area (Å²) in [6.07, 6.45) is 4.23. The molecule has 1 aromatic heterocycles. The fourth-order valence-electron chi connectivity index (χ4n) is 1.21. The van der Waals surface area contributed by atoms with Gasteiger partial charge in [-0.2, -0.15) is 0 Å². The predicted octanol–water partition coefficient (Wildman–Crippen LogP) is -0.260. The Morgan fingerprint density at radius 3 is 2.81 bits per heavy atom. The molecule has 0 atom stereocenters. The van der Waals surface area contributed by atoms with Crippen molar-refractivity contribution in [1.82, 2.24) is 9.55 Å².